The SMILES string of the molecule is COCCN1c2ccc(F)cc2C(=O)CC12CCN(C(=O)NCc1ccc(F)cc1)CC2. The molecular formula is C24H27F2N3O3. The number of halogens is 2. The number of hydrogen-bond donors (Lipinski definition) is 1. The molecule has 0 atom stereocenters. The van der Waals surface area contributed by atoms with E-state index in [9.17, 15) is 18.4 Å². The van der Waals surface area contributed by atoms with Crippen LogP contribution >= 0.6 is 0 Å². The van der Waals surface area contributed by atoms with Crippen molar-refractivity contribution >= 4 is 17.5 Å². The van der Waals surface area contributed by atoms with Gasteiger partial charge in [0.05, 0.1) is 12.1 Å². The van der Waals surface area contributed by atoms with Crippen molar-refractivity contribution < 1.29 is 23.1 Å². The van der Waals surface area contributed by atoms with E-state index in [2.05, 4.69) is 10.2 Å². The average molecular weight is 443 g/mol. The smallest absolute Gasteiger partial charge is 0.317 e. The summed E-state index contributed by atoms with van der Waals surface area (Å²) >= 11 is 0. The molecule has 32 heavy (non-hydrogen) atoms. The number of nitrogens with one attached hydrogen (secondary N) is 1. The first kappa shape index (κ1) is 22.2. The number of amides is 2. The van der Waals surface area contributed by atoms with Crippen molar-refractivity contribution in [1.29, 1.82) is 0 Å². The van der Waals surface area contributed by atoms with E-state index in [1.54, 1.807) is 30.2 Å². The van der Waals surface area contributed by atoms with Crippen molar-refractivity contribution in [2.45, 2.75) is 31.3 Å². The van der Waals surface area contributed by atoms with E-state index in [4.69, 9.17) is 4.74 Å². The highest BCUT2D eigenvalue weighted by Gasteiger charge is 2.46. The van der Waals surface area contributed by atoms with E-state index < -0.39 is 11.4 Å². The molecule has 2 aliphatic rings. The lowest BCUT2D eigenvalue weighted by molar-refractivity contribution is 0.0873. The lowest BCUT2D eigenvalue weighted by Gasteiger charge is -2.52. The molecule has 1 saturated heterocycles. The third kappa shape index (κ3) is 4.46. The molecule has 0 unspecified atom stereocenters. The van der Waals surface area contributed by atoms with Crippen LogP contribution in [-0.2, 0) is 11.3 Å². The average Bonchev–Trinajstić information content (AvgIpc) is 2.79. The quantitative estimate of drug-likeness (QED) is 0.765. The predicted octanol–water partition coefficient (Wildman–Crippen LogP) is 3.75. The summed E-state index contributed by atoms with van der Waals surface area (Å²) in [5, 5.41) is 2.88. The summed E-state index contributed by atoms with van der Waals surface area (Å²) in [6.07, 6.45) is 1.55. The molecule has 8 heteroatoms. The number of benzene rings is 2. The van der Waals surface area contributed by atoms with Gasteiger partial charge in [-0.3, -0.25) is 4.79 Å². The topological polar surface area (TPSA) is 61.9 Å². The number of Topliss-reactive ketones (excluding diaryl/α,β-unsaturated/α-hetero) is 1. The first-order valence-electron chi connectivity index (χ1n) is 10.8. The molecule has 1 spiro atoms. The number of carbonyl (C=O) groups is 2. The monoisotopic (exact) mass is 443 g/mol. The number of nitrogens with zero attached hydrogens (tertiary/aromatic N) is 2. The number of urea groups is 1. The normalized spacial score (nSPS) is 17.4. The lowest BCUT2D eigenvalue weighted by Crippen LogP contribution is -2.61. The fourth-order valence-corrected chi connectivity index (χ4v) is 4.72. The number of hydrogen-bond acceptors (Lipinski definition) is 4. The summed E-state index contributed by atoms with van der Waals surface area (Å²) in [5.74, 6) is -0.805. The Kier molecular flexibility index (Phi) is 6.41. The molecule has 0 bridgehead atoms. The third-order valence-corrected chi connectivity index (χ3v) is 6.47. The van der Waals surface area contributed by atoms with Gasteiger partial charge in [-0.25, -0.2) is 13.6 Å². The minimum Gasteiger partial charge on any atom is -0.383 e. The van der Waals surface area contributed by atoms with Crippen LogP contribution in [0.3, 0.4) is 0 Å². The lowest BCUT2D eigenvalue weighted by atomic mass is 9.76. The molecule has 2 heterocycles. The van der Waals surface area contributed by atoms with Crippen LogP contribution in [0.1, 0.15) is 35.2 Å². The van der Waals surface area contributed by atoms with Crippen LogP contribution in [0.4, 0.5) is 19.3 Å². The molecule has 2 aliphatic heterocycles. The van der Waals surface area contributed by atoms with Crippen molar-refractivity contribution in [2.24, 2.45) is 0 Å². The molecule has 4 rings (SSSR count). The molecular weight excluding hydrogens is 416 g/mol. The van der Waals surface area contributed by atoms with Crippen molar-refractivity contribution in [1.82, 2.24) is 10.2 Å². The summed E-state index contributed by atoms with van der Waals surface area (Å²) in [6.45, 7) is 2.39. The van der Waals surface area contributed by atoms with Gasteiger partial charge in [0.1, 0.15) is 11.6 Å². The van der Waals surface area contributed by atoms with Crippen LogP contribution < -0.4 is 10.2 Å². The Morgan fingerprint density at radius 1 is 1.09 bits per heavy atom. The molecule has 170 valence electrons. The summed E-state index contributed by atoms with van der Waals surface area (Å²) in [6, 6.07) is 10.2. The molecule has 2 aromatic carbocycles. The number of anilines is 1. The zero-order valence-electron chi connectivity index (χ0n) is 18.1. The van der Waals surface area contributed by atoms with Gasteiger partial charge in [-0.2, -0.15) is 0 Å². The second-order valence-electron chi connectivity index (χ2n) is 8.40. The van der Waals surface area contributed by atoms with Crippen molar-refractivity contribution in [3.05, 3.63) is 65.2 Å². The van der Waals surface area contributed by atoms with E-state index in [0.29, 0.717) is 51.2 Å². The van der Waals surface area contributed by atoms with E-state index in [1.165, 1.54) is 24.3 Å². The van der Waals surface area contributed by atoms with E-state index in [0.717, 1.165) is 11.3 Å². The molecule has 0 aromatic heterocycles. The molecule has 1 N–H and O–H groups in total. The number of carbonyl (C=O) groups excluding carboxylic acids is 2. The number of likely N-dealkylation sites (tertiary alicyclic amines) is 1. The maximum Gasteiger partial charge on any atom is 0.317 e. The second-order valence-corrected chi connectivity index (χ2v) is 8.40. The standard InChI is InChI=1S/C24H27F2N3O3/c1-32-13-12-29-21-7-6-19(26)14-20(21)22(30)15-24(29)8-10-28(11-9-24)23(31)27-16-17-2-4-18(25)5-3-17/h2-7,14H,8-13,15-16H2,1H3,(H,27,31). The number of rotatable bonds is 5. The zero-order valence-corrected chi connectivity index (χ0v) is 18.1. The molecule has 1 fully saturated rings. The highest BCUT2D eigenvalue weighted by atomic mass is 19.1. The van der Waals surface area contributed by atoms with E-state index in [1.807, 2.05) is 0 Å². The van der Waals surface area contributed by atoms with Crippen LogP contribution in [0, 0.1) is 11.6 Å². The van der Waals surface area contributed by atoms with Gasteiger partial charge in [-0.15, -0.1) is 0 Å². The minimum atomic E-state index is -0.424. The summed E-state index contributed by atoms with van der Waals surface area (Å²) in [7, 11) is 1.63. The second kappa shape index (κ2) is 9.24. The van der Waals surface area contributed by atoms with Gasteiger partial charge in [-0.05, 0) is 48.7 Å². The summed E-state index contributed by atoms with van der Waals surface area (Å²) in [4.78, 5) is 29.5. The first-order chi connectivity index (χ1) is 15.4. The largest absolute Gasteiger partial charge is 0.383 e. The Bertz CT molecular complexity index is 988. The van der Waals surface area contributed by atoms with Crippen molar-refractivity contribution in [3.63, 3.8) is 0 Å². The minimum absolute atomic E-state index is 0.0672. The first-order valence-corrected chi connectivity index (χ1v) is 10.8. The van der Waals surface area contributed by atoms with Gasteiger partial charge < -0.3 is 19.9 Å². The Balaban J connectivity index is 1.45. The maximum atomic E-state index is 13.8. The van der Waals surface area contributed by atoms with E-state index in [-0.39, 0.29) is 24.1 Å². The van der Waals surface area contributed by atoms with Gasteiger partial charge in [0.25, 0.3) is 0 Å². The van der Waals surface area contributed by atoms with Gasteiger partial charge >= 0.3 is 6.03 Å². The molecule has 2 aromatic rings. The Labute approximate surface area is 186 Å². The van der Waals surface area contributed by atoms with Crippen LogP contribution in [0.5, 0.6) is 0 Å². The van der Waals surface area contributed by atoms with Gasteiger partial charge in [-0.1, -0.05) is 12.1 Å². The Hall–Kier alpha value is -3.00. The molecule has 0 radical (unpaired) electrons. The number of ether oxygens (including phenoxy) is 1. The van der Waals surface area contributed by atoms with Crippen LogP contribution in [-0.4, -0.2) is 55.6 Å². The molecule has 6 nitrogen and oxygen atoms in total. The number of fused-ring (bicyclic) bond motifs is 1. The zero-order chi connectivity index (χ0) is 22.7. The predicted molar refractivity (Wildman–Crippen MR) is 117 cm³/mol. The molecule has 2 amide bonds. The van der Waals surface area contributed by atoms with Gasteiger partial charge in [0, 0.05) is 51.0 Å². The Morgan fingerprint density at radius 2 is 1.78 bits per heavy atom. The highest BCUT2D eigenvalue weighted by molar-refractivity contribution is 6.04. The number of methoxy groups -OCH3 is 1. The van der Waals surface area contributed by atoms with E-state index >= 15 is 0 Å². The Morgan fingerprint density at radius 3 is 2.47 bits per heavy atom. The van der Waals surface area contributed by atoms with Crippen LogP contribution in [0.15, 0.2) is 42.5 Å². The highest BCUT2D eigenvalue weighted by Crippen LogP contribution is 2.42. The maximum absolute atomic E-state index is 13.8. The fourth-order valence-electron chi connectivity index (χ4n) is 4.72. The number of piperidine rings is 1. The summed E-state index contributed by atoms with van der Waals surface area (Å²) < 4.78 is 32.1. The molecule has 0 saturated carbocycles. The fraction of sp³-hybridized carbons (Fsp3) is 0.417. The summed E-state index contributed by atoms with van der Waals surface area (Å²) in [5.41, 5.74) is 1.54. The van der Waals surface area contributed by atoms with Gasteiger partial charge in [0.15, 0.2) is 5.78 Å². The van der Waals surface area contributed by atoms with Crippen molar-refractivity contribution in [2.75, 3.05) is 38.3 Å². The third-order valence-electron chi connectivity index (χ3n) is 6.47. The van der Waals surface area contributed by atoms with Crippen LogP contribution in [0.2, 0.25) is 0 Å². The van der Waals surface area contributed by atoms with Crippen LogP contribution in [0.25, 0.3) is 0 Å². The number of ketones is 1. The van der Waals surface area contributed by atoms with Crippen molar-refractivity contribution in [3.8, 4) is 0 Å². The van der Waals surface area contributed by atoms with Gasteiger partial charge in [0.2, 0.25) is 0 Å². The molecule has 0 aliphatic carbocycles.